The van der Waals surface area contributed by atoms with Crippen LogP contribution in [0.2, 0.25) is 0 Å². The van der Waals surface area contributed by atoms with Gasteiger partial charge < -0.3 is 10.4 Å². The Morgan fingerprint density at radius 1 is 1.55 bits per heavy atom. The molecule has 0 aromatic rings. The molecule has 64 valence electrons. The maximum atomic E-state index is 10.7. The van der Waals surface area contributed by atoms with E-state index in [1.807, 2.05) is 0 Å². The first kappa shape index (κ1) is 10.8. The van der Waals surface area contributed by atoms with Crippen molar-refractivity contribution >= 4 is 38.9 Å². The molecule has 0 unspecified atom stereocenters. The molecule has 0 bridgehead atoms. The number of thioether (sulfide) groups is 1. The van der Waals surface area contributed by atoms with Crippen LogP contribution in [0.1, 0.15) is 0 Å². The summed E-state index contributed by atoms with van der Waals surface area (Å²) in [6, 6.07) is 0. The predicted molar refractivity (Wildman–Crippen MR) is 47.3 cm³/mol. The van der Waals surface area contributed by atoms with Gasteiger partial charge >= 0.3 is 5.97 Å². The van der Waals surface area contributed by atoms with E-state index in [1.165, 1.54) is 0 Å². The quantitative estimate of drug-likeness (QED) is 0.719. The number of rotatable bonds is 4. The summed E-state index contributed by atoms with van der Waals surface area (Å²) >= 11 is 3.87. The average Bonchev–Trinajstić information content (AvgIpc) is 1.97. The Morgan fingerprint density at radius 3 is 2.64 bits per heavy atom. The first-order chi connectivity index (χ1) is 5.16. The monoisotopic (exact) mass is 241 g/mol. The van der Waals surface area contributed by atoms with E-state index in [1.54, 1.807) is 0 Å². The van der Waals surface area contributed by atoms with Gasteiger partial charge in [0.1, 0.15) is 5.75 Å². The molecular formula is C5H8BrNO3S. The zero-order chi connectivity index (χ0) is 8.69. The van der Waals surface area contributed by atoms with E-state index >= 15 is 0 Å². The van der Waals surface area contributed by atoms with E-state index in [4.69, 9.17) is 5.11 Å². The molecule has 0 aliphatic heterocycles. The fraction of sp³-hybridized carbons (Fsp3) is 0.600. The lowest BCUT2D eigenvalue weighted by Crippen LogP contribution is -2.21. The van der Waals surface area contributed by atoms with Crippen molar-refractivity contribution in [2.24, 2.45) is 0 Å². The van der Waals surface area contributed by atoms with E-state index in [0.717, 1.165) is 11.8 Å². The van der Waals surface area contributed by atoms with Gasteiger partial charge in [0.2, 0.25) is 0 Å². The number of alkyl halides is 1. The summed E-state index contributed by atoms with van der Waals surface area (Å²) < 4.78 is 0. The van der Waals surface area contributed by atoms with E-state index in [-0.39, 0.29) is 11.0 Å². The number of carbonyl (C=O) groups excluding carboxylic acids is 1. The van der Waals surface area contributed by atoms with Crippen molar-refractivity contribution < 1.29 is 14.7 Å². The van der Waals surface area contributed by atoms with Crippen molar-refractivity contribution in [3.8, 4) is 0 Å². The van der Waals surface area contributed by atoms with Gasteiger partial charge in [-0.25, -0.2) is 0 Å². The normalized spacial score (nSPS) is 9.18. The lowest BCUT2D eigenvalue weighted by Gasteiger charge is -1.98. The van der Waals surface area contributed by atoms with Crippen molar-refractivity contribution in [3.63, 3.8) is 0 Å². The van der Waals surface area contributed by atoms with Crippen LogP contribution in [0.25, 0.3) is 0 Å². The molecule has 0 radical (unpaired) electrons. The standard InChI is InChI=1S/C5H8BrNO3S/c6-1-2-7-5(10)11-3-4(8)9/h1-3H2,(H,7,10)(H,8,9). The lowest BCUT2D eigenvalue weighted by molar-refractivity contribution is -0.133. The third-order valence-electron chi connectivity index (χ3n) is 0.691. The van der Waals surface area contributed by atoms with Crippen molar-refractivity contribution in [2.45, 2.75) is 0 Å². The molecule has 1 amide bonds. The first-order valence-electron chi connectivity index (χ1n) is 2.85. The zero-order valence-corrected chi connectivity index (χ0v) is 8.07. The summed E-state index contributed by atoms with van der Waals surface area (Å²) in [5.74, 6) is -1.17. The van der Waals surface area contributed by atoms with Gasteiger partial charge in [0, 0.05) is 11.9 Å². The highest BCUT2D eigenvalue weighted by atomic mass is 79.9. The highest BCUT2D eigenvalue weighted by molar-refractivity contribution is 9.09. The molecule has 0 spiro atoms. The Morgan fingerprint density at radius 2 is 2.18 bits per heavy atom. The highest BCUT2D eigenvalue weighted by Gasteiger charge is 2.03. The number of hydrogen-bond acceptors (Lipinski definition) is 3. The topological polar surface area (TPSA) is 66.4 Å². The Bertz CT molecular complexity index is 153. The number of hydrogen-bond donors (Lipinski definition) is 2. The molecule has 0 aromatic heterocycles. The maximum Gasteiger partial charge on any atom is 0.314 e. The fourth-order valence-corrected chi connectivity index (χ4v) is 0.985. The van der Waals surface area contributed by atoms with Crippen LogP contribution in [0.4, 0.5) is 4.79 Å². The van der Waals surface area contributed by atoms with Gasteiger partial charge in [-0.2, -0.15) is 0 Å². The average molecular weight is 242 g/mol. The number of aliphatic carboxylic acids is 1. The van der Waals surface area contributed by atoms with Crippen LogP contribution in [0, 0.1) is 0 Å². The van der Waals surface area contributed by atoms with Crippen LogP contribution in [-0.4, -0.2) is 33.9 Å². The molecule has 0 aromatic carbocycles. The van der Waals surface area contributed by atoms with E-state index < -0.39 is 5.97 Å². The third-order valence-corrected chi connectivity index (χ3v) is 1.88. The van der Waals surface area contributed by atoms with Crippen LogP contribution in [0.5, 0.6) is 0 Å². The van der Waals surface area contributed by atoms with Gasteiger partial charge in [0.05, 0.1) is 0 Å². The first-order valence-corrected chi connectivity index (χ1v) is 4.96. The summed E-state index contributed by atoms with van der Waals surface area (Å²) in [6.45, 7) is 0.519. The Kier molecular flexibility index (Phi) is 6.34. The van der Waals surface area contributed by atoms with Crippen molar-refractivity contribution in [1.29, 1.82) is 0 Å². The molecule has 11 heavy (non-hydrogen) atoms. The van der Waals surface area contributed by atoms with Crippen LogP contribution in [-0.2, 0) is 4.79 Å². The SMILES string of the molecule is O=C(O)CSC(=O)NCCBr. The minimum Gasteiger partial charge on any atom is -0.481 e. The second kappa shape index (κ2) is 6.48. The molecule has 0 atom stereocenters. The molecule has 4 nitrogen and oxygen atoms in total. The molecule has 0 fully saturated rings. The molecule has 0 saturated heterocycles. The minimum atomic E-state index is -0.982. The van der Waals surface area contributed by atoms with Gasteiger partial charge in [-0.15, -0.1) is 0 Å². The van der Waals surface area contributed by atoms with E-state index in [2.05, 4.69) is 21.2 Å². The van der Waals surface area contributed by atoms with Crippen LogP contribution < -0.4 is 5.32 Å². The molecule has 6 heteroatoms. The van der Waals surface area contributed by atoms with Gasteiger partial charge in [-0.1, -0.05) is 27.7 Å². The Hall–Kier alpha value is -0.230. The number of carboxylic acid groups (broad SMARTS) is 1. The van der Waals surface area contributed by atoms with Crippen molar-refractivity contribution in [2.75, 3.05) is 17.6 Å². The van der Waals surface area contributed by atoms with Gasteiger partial charge in [0.15, 0.2) is 0 Å². The van der Waals surface area contributed by atoms with Gasteiger partial charge in [-0.05, 0) is 0 Å². The van der Waals surface area contributed by atoms with Crippen LogP contribution in [0.15, 0.2) is 0 Å². The fourth-order valence-electron chi connectivity index (χ4n) is 0.328. The largest absolute Gasteiger partial charge is 0.481 e. The molecule has 2 N–H and O–H groups in total. The molecule has 0 aliphatic rings. The summed E-state index contributed by atoms with van der Waals surface area (Å²) in [6.07, 6.45) is 0. The number of nitrogens with one attached hydrogen (secondary N) is 1. The number of amides is 1. The predicted octanol–water partition coefficient (Wildman–Crippen LogP) is 0.909. The second-order valence-electron chi connectivity index (χ2n) is 1.59. The van der Waals surface area contributed by atoms with Gasteiger partial charge in [-0.3, -0.25) is 9.59 Å². The Balaban J connectivity index is 3.30. The molecule has 0 heterocycles. The molecule has 0 saturated carbocycles. The van der Waals surface area contributed by atoms with Crippen LogP contribution >= 0.6 is 27.7 Å². The number of carboxylic acids is 1. The maximum absolute atomic E-state index is 10.7. The summed E-state index contributed by atoms with van der Waals surface area (Å²) in [5.41, 5.74) is 0. The molecular weight excluding hydrogens is 234 g/mol. The number of halogens is 1. The summed E-state index contributed by atoms with van der Waals surface area (Å²) in [7, 11) is 0. The Labute approximate surface area is 76.9 Å². The van der Waals surface area contributed by atoms with E-state index in [9.17, 15) is 9.59 Å². The van der Waals surface area contributed by atoms with Crippen LogP contribution in [0.3, 0.4) is 0 Å². The molecule has 0 aliphatic carbocycles. The van der Waals surface area contributed by atoms with Gasteiger partial charge in [0.25, 0.3) is 5.24 Å². The molecule has 0 rings (SSSR count). The number of carbonyl (C=O) groups is 2. The smallest absolute Gasteiger partial charge is 0.314 e. The summed E-state index contributed by atoms with van der Waals surface area (Å²) in [5, 5.41) is 11.1. The third kappa shape index (κ3) is 7.67. The zero-order valence-electron chi connectivity index (χ0n) is 5.67. The lowest BCUT2D eigenvalue weighted by atomic mass is 10.8. The van der Waals surface area contributed by atoms with Crippen molar-refractivity contribution in [3.05, 3.63) is 0 Å². The highest BCUT2D eigenvalue weighted by Crippen LogP contribution is 1.99. The van der Waals surface area contributed by atoms with Crippen molar-refractivity contribution in [1.82, 2.24) is 5.32 Å². The van der Waals surface area contributed by atoms with E-state index in [0.29, 0.717) is 11.9 Å². The second-order valence-corrected chi connectivity index (χ2v) is 3.33. The summed E-state index contributed by atoms with van der Waals surface area (Å²) in [4.78, 5) is 20.6. The minimum absolute atomic E-state index is 0.186.